The molecular weight excluding hydrogens is 271 g/mol. The fourth-order valence-corrected chi connectivity index (χ4v) is 2.34. The molecule has 98 valence electrons. The maximum Gasteiger partial charge on any atom is 0.125 e. The zero-order valence-electron chi connectivity index (χ0n) is 10.7. The quantitative estimate of drug-likeness (QED) is 0.789. The largest absolute Gasteiger partial charge is 0.326 e. The van der Waals surface area contributed by atoms with E-state index < -0.39 is 0 Å². The van der Waals surface area contributed by atoms with Gasteiger partial charge in [-0.2, -0.15) is 11.8 Å². The van der Waals surface area contributed by atoms with Crippen molar-refractivity contribution in [2.75, 3.05) is 6.26 Å². The Balaban J connectivity index is 2.53. The molecule has 0 spiro atoms. The molecule has 0 N–H and O–H groups in total. The highest BCUT2D eigenvalue weighted by molar-refractivity contribution is 7.99. The number of fused-ring (bicyclic) bond motifs is 1. The van der Waals surface area contributed by atoms with E-state index in [0.717, 1.165) is 17.9 Å². The molecule has 5 heteroatoms. The summed E-state index contributed by atoms with van der Waals surface area (Å²) >= 11 is 7.72. The van der Waals surface area contributed by atoms with Gasteiger partial charge in [-0.15, -0.1) is 11.6 Å². The van der Waals surface area contributed by atoms with Gasteiger partial charge in [-0.1, -0.05) is 0 Å². The van der Waals surface area contributed by atoms with E-state index >= 15 is 0 Å². The van der Waals surface area contributed by atoms with Gasteiger partial charge in [0.25, 0.3) is 0 Å². The highest BCUT2D eigenvalue weighted by Gasteiger charge is 2.20. The molecule has 0 radical (unpaired) electrons. The second-order valence-electron chi connectivity index (χ2n) is 4.84. The molecule has 0 unspecified atom stereocenters. The zero-order chi connectivity index (χ0) is 13.3. The Morgan fingerprint density at radius 3 is 2.78 bits per heavy atom. The van der Waals surface area contributed by atoms with Gasteiger partial charge < -0.3 is 4.57 Å². The van der Waals surface area contributed by atoms with Crippen LogP contribution in [0.5, 0.6) is 0 Å². The fourth-order valence-electron chi connectivity index (χ4n) is 1.88. The number of aromatic nitrogens is 2. The number of imidazole rings is 1. The topological polar surface area (TPSA) is 17.8 Å². The summed E-state index contributed by atoms with van der Waals surface area (Å²) in [5, 5.41) is 0. The number of halogens is 2. The average molecular weight is 287 g/mol. The SMILES string of the molecule is CSC(C)(C)Cn1c(CCl)nc2cc(F)ccc21. The predicted octanol–water partition coefficient (Wildman–Crippen LogP) is 4.06. The third-order valence-electron chi connectivity index (χ3n) is 3.00. The van der Waals surface area contributed by atoms with Gasteiger partial charge in [-0.3, -0.25) is 0 Å². The lowest BCUT2D eigenvalue weighted by Gasteiger charge is -2.23. The summed E-state index contributed by atoms with van der Waals surface area (Å²) in [5.74, 6) is 0.859. The zero-order valence-corrected chi connectivity index (χ0v) is 12.3. The van der Waals surface area contributed by atoms with Crippen LogP contribution >= 0.6 is 23.4 Å². The van der Waals surface area contributed by atoms with E-state index in [1.54, 1.807) is 17.8 Å². The molecular formula is C13H16ClFN2S. The predicted molar refractivity (Wildman–Crippen MR) is 76.8 cm³/mol. The van der Waals surface area contributed by atoms with Gasteiger partial charge in [0, 0.05) is 17.4 Å². The fraction of sp³-hybridized carbons (Fsp3) is 0.462. The first-order valence-corrected chi connectivity index (χ1v) is 7.48. The van der Waals surface area contributed by atoms with Gasteiger partial charge in [-0.05, 0) is 32.2 Å². The maximum absolute atomic E-state index is 13.2. The maximum atomic E-state index is 13.2. The molecule has 2 rings (SSSR count). The smallest absolute Gasteiger partial charge is 0.125 e. The Labute approximate surface area is 116 Å². The highest BCUT2D eigenvalue weighted by atomic mass is 35.5. The Morgan fingerprint density at radius 1 is 1.44 bits per heavy atom. The molecule has 2 nitrogen and oxygen atoms in total. The molecule has 0 saturated carbocycles. The van der Waals surface area contributed by atoms with Gasteiger partial charge >= 0.3 is 0 Å². The van der Waals surface area contributed by atoms with E-state index in [2.05, 4.69) is 29.7 Å². The minimum absolute atomic E-state index is 0.0861. The van der Waals surface area contributed by atoms with Crippen LogP contribution in [-0.4, -0.2) is 20.6 Å². The Hall–Kier alpha value is -0.740. The van der Waals surface area contributed by atoms with Crippen LogP contribution in [0.25, 0.3) is 11.0 Å². The van der Waals surface area contributed by atoms with Crippen molar-refractivity contribution in [3.8, 4) is 0 Å². The summed E-state index contributed by atoms with van der Waals surface area (Å²) in [5.41, 5.74) is 1.61. The van der Waals surface area contributed by atoms with Crippen LogP contribution in [0.15, 0.2) is 18.2 Å². The number of alkyl halides is 1. The van der Waals surface area contributed by atoms with Crippen LogP contribution in [0, 0.1) is 5.82 Å². The van der Waals surface area contributed by atoms with E-state index in [9.17, 15) is 4.39 Å². The van der Waals surface area contributed by atoms with Crippen LogP contribution in [-0.2, 0) is 12.4 Å². The number of rotatable bonds is 4. The minimum atomic E-state index is -0.266. The first-order valence-electron chi connectivity index (χ1n) is 5.72. The summed E-state index contributed by atoms with van der Waals surface area (Å²) in [6, 6.07) is 4.68. The summed E-state index contributed by atoms with van der Waals surface area (Å²) in [6.45, 7) is 5.15. The Bertz CT molecular complexity index is 565. The second kappa shape index (κ2) is 5.10. The number of thioether (sulfide) groups is 1. The van der Waals surface area contributed by atoms with Crippen molar-refractivity contribution in [1.82, 2.24) is 9.55 Å². The van der Waals surface area contributed by atoms with Crippen LogP contribution < -0.4 is 0 Å². The highest BCUT2D eigenvalue weighted by Crippen LogP contribution is 2.27. The summed E-state index contributed by atoms with van der Waals surface area (Å²) < 4.78 is 15.4. The molecule has 0 aliphatic carbocycles. The van der Waals surface area contributed by atoms with Gasteiger partial charge in [0.05, 0.1) is 16.9 Å². The molecule has 2 aromatic rings. The van der Waals surface area contributed by atoms with Crippen molar-refractivity contribution in [3.05, 3.63) is 29.8 Å². The van der Waals surface area contributed by atoms with E-state index in [4.69, 9.17) is 11.6 Å². The normalized spacial score (nSPS) is 12.3. The monoisotopic (exact) mass is 286 g/mol. The van der Waals surface area contributed by atoms with Crippen molar-refractivity contribution in [2.24, 2.45) is 0 Å². The van der Waals surface area contributed by atoms with Crippen LogP contribution in [0.1, 0.15) is 19.7 Å². The van der Waals surface area contributed by atoms with E-state index in [1.165, 1.54) is 12.1 Å². The van der Waals surface area contributed by atoms with Crippen LogP contribution in [0.4, 0.5) is 4.39 Å². The molecule has 0 atom stereocenters. The van der Waals surface area contributed by atoms with Gasteiger partial charge in [0.1, 0.15) is 11.6 Å². The number of benzene rings is 1. The van der Waals surface area contributed by atoms with Crippen molar-refractivity contribution in [2.45, 2.75) is 31.0 Å². The third kappa shape index (κ3) is 2.64. The molecule has 0 saturated heterocycles. The lowest BCUT2D eigenvalue weighted by molar-refractivity contribution is 0.566. The molecule has 18 heavy (non-hydrogen) atoms. The Kier molecular flexibility index (Phi) is 3.87. The first kappa shape index (κ1) is 13.7. The van der Waals surface area contributed by atoms with Gasteiger partial charge in [-0.25, -0.2) is 9.37 Å². The van der Waals surface area contributed by atoms with E-state index in [1.807, 2.05) is 0 Å². The lowest BCUT2D eigenvalue weighted by Crippen LogP contribution is -2.23. The van der Waals surface area contributed by atoms with E-state index in [0.29, 0.717) is 11.4 Å². The number of hydrogen-bond donors (Lipinski definition) is 0. The Morgan fingerprint density at radius 2 is 2.17 bits per heavy atom. The van der Waals surface area contributed by atoms with Crippen molar-refractivity contribution in [3.63, 3.8) is 0 Å². The lowest BCUT2D eigenvalue weighted by atomic mass is 10.2. The molecule has 0 aliphatic rings. The van der Waals surface area contributed by atoms with Crippen LogP contribution in [0.3, 0.4) is 0 Å². The van der Waals surface area contributed by atoms with Gasteiger partial charge in [0.15, 0.2) is 0 Å². The second-order valence-corrected chi connectivity index (χ2v) is 6.63. The minimum Gasteiger partial charge on any atom is -0.326 e. The third-order valence-corrected chi connectivity index (χ3v) is 4.47. The number of hydrogen-bond acceptors (Lipinski definition) is 2. The van der Waals surface area contributed by atoms with Crippen molar-refractivity contribution < 1.29 is 4.39 Å². The molecule has 0 bridgehead atoms. The molecule has 1 aromatic heterocycles. The van der Waals surface area contributed by atoms with Crippen molar-refractivity contribution >= 4 is 34.4 Å². The molecule has 0 fully saturated rings. The van der Waals surface area contributed by atoms with Crippen LogP contribution in [0.2, 0.25) is 0 Å². The van der Waals surface area contributed by atoms with Gasteiger partial charge in [0.2, 0.25) is 0 Å². The average Bonchev–Trinajstić information content (AvgIpc) is 2.66. The summed E-state index contributed by atoms with van der Waals surface area (Å²) in [7, 11) is 0. The number of nitrogens with zero attached hydrogens (tertiary/aromatic N) is 2. The molecule has 1 aromatic carbocycles. The molecule has 0 aliphatic heterocycles. The van der Waals surface area contributed by atoms with E-state index in [-0.39, 0.29) is 10.6 Å². The standard InChI is InChI=1S/C13H16ClFN2S/c1-13(2,18-3)8-17-11-5-4-9(15)6-10(11)16-12(17)7-14/h4-6H,7-8H2,1-3H3. The summed E-state index contributed by atoms with van der Waals surface area (Å²) in [4.78, 5) is 4.39. The molecule has 1 heterocycles. The van der Waals surface area contributed by atoms with Crippen molar-refractivity contribution in [1.29, 1.82) is 0 Å². The first-order chi connectivity index (χ1) is 8.46. The molecule has 0 amide bonds. The summed E-state index contributed by atoms with van der Waals surface area (Å²) in [6.07, 6.45) is 2.08.